The summed E-state index contributed by atoms with van der Waals surface area (Å²) in [6.45, 7) is 0.358. The van der Waals surface area contributed by atoms with E-state index in [1.54, 1.807) is 18.2 Å². The van der Waals surface area contributed by atoms with Crippen LogP contribution in [0, 0.1) is 10.8 Å². The molecule has 1 spiro atoms. The monoisotopic (exact) mass is 726 g/mol. The molecule has 7 nitrogen and oxygen atoms in total. The third kappa shape index (κ3) is 6.96. The maximum Gasteiger partial charge on any atom is 0.403 e. The number of pyridine rings is 1. The van der Waals surface area contributed by atoms with Crippen LogP contribution in [0.15, 0.2) is 66.9 Å². The van der Waals surface area contributed by atoms with Gasteiger partial charge in [0.25, 0.3) is 0 Å². The number of carboxylic acid groups (broad SMARTS) is 1. The second kappa shape index (κ2) is 13.6. The first-order chi connectivity index (χ1) is 24.7. The Hall–Kier alpha value is -4.23. The average Bonchev–Trinajstić information content (AvgIpc) is 3.52. The molecule has 0 unspecified atom stereocenters. The van der Waals surface area contributed by atoms with E-state index < -0.39 is 68.2 Å². The number of amides is 1. The zero-order valence-corrected chi connectivity index (χ0v) is 28.5. The number of hydrogen-bond acceptors (Lipinski definition) is 5. The van der Waals surface area contributed by atoms with E-state index in [1.165, 1.54) is 25.7 Å². The summed E-state index contributed by atoms with van der Waals surface area (Å²) < 4.78 is 82.0. The summed E-state index contributed by atoms with van der Waals surface area (Å²) in [6, 6.07) is 17.2. The fourth-order valence-electron chi connectivity index (χ4n) is 8.54. The number of aromatic nitrogens is 1. The van der Waals surface area contributed by atoms with Crippen molar-refractivity contribution >= 4 is 33.4 Å². The highest BCUT2D eigenvalue weighted by atomic mass is 19.4. The van der Waals surface area contributed by atoms with E-state index in [2.05, 4.69) is 16.3 Å². The average molecular weight is 727 g/mol. The number of carbonyl (C=O) groups excluding carboxylic acids is 1. The normalized spacial score (nSPS) is 19.9. The van der Waals surface area contributed by atoms with Crippen molar-refractivity contribution in [3.8, 4) is 11.3 Å². The molecule has 0 radical (unpaired) electrons. The molecule has 4 aromatic rings. The van der Waals surface area contributed by atoms with E-state index in [0.717, 1.165) is 57.5 Å². The molecular formula is C39H40F6N4O3. The smallest absolute Gasteiger partial charge is 0.403 e. The summed E-state index contributed by atoms with van der Waals surface area (Å²) in [4.78, 5) is 34.0. The van der Waals surface area contributed by atoms with E-state index in [0.29, 0.717) is 16.4 Å². The largest absolute Gasteiger partial charge is 0.480 e. The summed E-state index contributed by atoms with van der Waals surface area (Å²) in [6.07, 6.45) is -4.80. The lowest BCUT2D eigenvalue weighted by atomic mass is 9.68. The first-order valence-corrected chi connectivity index (χ1v) is 17.7. The second-order valence-electron chi connectivity index (χ2n) is 14.8. The fraction of sp³-hybridized carbons (Fsp3) is 0.462. The van der Waals surface area contributed by atoms with Crippen LogP contribution in [0.25, 0.3) is 32.8 Å². The molecular weight excluding hydrogens is 686 g/mol. The number of hydrogen-bond donors (Lipinski definition) is 2. The summed E-state index contributed by atoms with van der Waals surface area (Å²) in [5.41, 5.74) is 0.637. The van der Waals surface area contributed by atoms with E-state index in [9.17, 15) is 41.0 Å². The van der Waals surface area contributed by atoms with Crippen LogP contribution in [0.5, 0.6) is 0 Å². The highest BCUT2D eigenvalue weighted by molar-refractivity contribution is 6.05. The molecule has 2 aliphatic heterocycles. The number of aliphatic carboxylic acids is 1. The van der Waals surface area contributed by atoms with Crippen molar-refractivity contribution in [1.29, 1.82) is 0 Å². The SMILES string of the molecule is O=C(O)[C@H](Cc1cccc2c(-c3ncc(CN4CCC5(CCC5)C4)c4ccccc34)cccc12)NC(=O)C1(C(F)(F)F)CCN(CC(F)(F)F)CC1. The van der Waals surface area contributed by atoms with Gasteiger partial charge in [0.15, 0.2) is 0 Å². The molecule has 1 atom stereocenters. The van der Waals surface area contributed by atoms with Crippen molar-refractivity contribution in [2.24, 2.45) is 10.8 Å². The number of carbonyl (C=O) groups is 2. The molecule has 0 bridgehead atoms. The van der Waals surface area contributed by atoms with E-state index in [1.807, 2.05) is 42.6 Å². The third-order valence-electron chi connectivity index (χ3n) is 11.6. The van der Waals surface area contributed by atoms with Crippen LogP contribution in [0.4, 0.5) is 26.3 Å². The summed E-state index contributed by atoms with van der Waals surface area (Å²) in [5, 5.41) is 15.7. The van der Waals surface area contributed by atoms with Crippen LogP contribution in [-0.4, -0.2) is 82.9 Å². The summed E-state index contributed by atoms with van der Waals surface area (Å²) in [7, 11) is 0. The number of halogens is 6. The lowest BCUT2D eigenvalue weighted by Crippen LogP contribution is -2.59. The van der Waals surface area contributed by atoms with Crippen molar-refractivity contribution in [1.82, 2.24) is 20.1 Å². The number of nitrogens with one attached hydrogen (secondary N) is 1. The zero-order chi connectivity index (χ0) is 36.9. The van der Waals surface area contributed by atoms with Crippen LogP contribution in [0.1, 0.15) is 49.7 Å². The predicted octanol–water partition coefficient (Wildman–Crippen LogP) is 7.75. The van der Waals surface area contributed by atoms with Gasteiger partial charge in [0.1, 0.15) is 11.5 Å². The Morgan fingerprint density at radius 3 is 2.06 bits per heavy atom. The van der Waals surface area contributed by atoms with Gasteiger partial charge in [-0.1, -0.05) is 67.1 Å². The van der Waals surface area contributed by atoms with Crippen molar-refractivity contribution in [2.75, 3.05) is 32.7 Å². The number of rotatable bonds is 9. The number of fused-ring (bicyclic) bond motifs is 2. The van der Waals surface area contributed by atoms with Gasteiger partial charge < -0.3 is 10.4 Å². The predicted molar refractivity (Wildman–Crippen MR) is 184 cm³/mol. The van der Waals surface area contributed by atoms with Crippen LogP contribution in [-0.2, 0) is 22.6 Å². The molecule has 2 saturated heterocycles. The molecule has 276 valence electrons. The van der Waals surface area contributed by atoms with Gasteiger partial charge in [-0.2, -0.15) is 26.3 Å². The Morgan fingerprint density at radius 1 is 0.788 bits per heavy atom. The quantitative estimate of drug-likeness (QED) is 0.172. The molecule has 3 fully saturated rings. The maximum atomic E-state index is 14.4. The molecule has 3 aliphatic rings. The molecule has 3 heterocycles. The van der Waals surface area contributed by atoms with Gasteiger partial charge in [-0.3, -0.25) is 19.6 Å². The van der Waals surface area contributed by atoms with Crippen molar-refractivity contribution in [3.05, 3.63) is 78.0 Å². The lowest BCUT2D eigenvalue weighted by molar-refractivity contribution is -0.236. The molecule has 1 aromatic heterocycles. The molecule has 7 rings (SSSR count). The second-order valence-corrected chi connectivity index (χ2v) is 14.8. The Bertz CT molecular complexity index is 1980. The first kappa shape index (κ1) is 36.1. The topological polar surface area (TPSA) is 85.8 Å². The first-order valence-electron chi connectivity index (χ1n) is 17.7. The highest BCUT2D eigenvalue weighted by Gasteiger charge is 2.61. The molecule has 1 saturated carbocycles. The van der Waals surface area contributed by atoms with Crippen molar-refractivity contribution < 1.29 is 41.0 Å². The van der Waals surface area contributed by atoms with Gasteiger partial charge >= 0.3 is 18.3 Å². The van der Waals surface area contributed by atoms with Gasteiger partial charge in [-0.25, -0.2) is 4.79 Å². The zero-order valence-electron chi connectivity index (χ0n) is 28.5. The van der Waals surface area contributed by atoms with Crippen LogP contribution < -0.4 is 5.32 Å². The molecule has 3 aromatic carbocycles. The maximum absolute atomic E-state index is 14.4. The fourth-order valence-corrected chi connectivity index (χ4v) is 8.54. The standard InChI is InChI=1S/C39H40F6N4O3/c40-38(41,42)24-48-18-15-37(16-19-48,39(43,44)45)35(52)47-32(34(50)51)20-25-6-3-10-29-27(25)9-4-11-31(29)33-30-8-2-1-7-28(30)26(21-46-33)22-49-17-14-36(23-49)12-5-13-36/h1-4,6-11,21,32H,5,12-20,22-24H2,(H,47,52)(H,50,51)/t32-/m0/s1. The van der Waals surface area contributed by atoms with E-state index in [4.69, 9.17) is 4.98 Å². The van der Waals surface area contributed by atoms with Crippen LogP contribution in [0.3, 0.4) is 0 Å². The van der Waals surface area contributed by atoms with E-state index in [-0.39, 0.29) is 6.42 Å². The number of nitrogens with zero attached hydrogens (tertiary/aromatic N) is 3. The molecule has 1 amide bonds. The van der Waals surface area contributed by atoms with Gasteiger partial charge in [0, 0.05) is 36.7 Å². The van der Waals surface area contributed by atoms with Gasteiger partial charge in [-0.05, 0) is 84.4 Å². The number of alkyl halides is 6. The molecule has 2 N–H and O–H groups in total. The minimum Gasteiger partial charge on any atom is -0.480 e. The Balaban J connectivity index is 1.15. The molecule has 52 heavy (non-hydrogen) atoms. The summed E-state index contributed by atoms with van der Waals surface area (Å²) >= 11 is 0. The minimum absolute atomic E-state index is 0.319. The Labute approximate surface area is 297 Å². The summed E-state index contributed by atoms with van der Waals surface area (Å²) in [5.74, 6) is -3.08. The third-order valence-corrected chi connectivity index (χ3v) is 11.6. The van der Waals surface area contributed by atoms with Gasteiger partial charge in [0.05, 0.1) is 12.2 Å². The minimum atomic E-state index is -5.10. The van der Waals surface area contributed by atoms with Crippen molar-refractivity contribution in [3.63, 3.8) is 0 Å². The van der Waals surface area contributed by atoms with Crippen LogP contribution in [0.2, 0.25) is 0 Å². The number of carboxylic acids is 1. The van der Waals surface area contributed by atoms with Gasteiger partial charge in [0.2, 0.25) is 5.91 Å². The van der Waals surface area contributed by atoms with E-state index >= 15 is 0 Å². The molecule has 13 heteroatoms. The van der Waals surface area contributed by atoms with Crippen LogP contribution >= 0.6 is 0 Å². The lowest BCUT2D eigenvalue weighted by Gasteiger charge is -2.42. The molecule has 1 aliphatic carbocycles. The Kier molecular flexibility index (Phi) is 9.48. The number of piperidine rings is 1. The Morgan fingerprint density at radius 2 is 1.42 bits per heavy atom. The highest BCUT2D eigenvalue weighted by Crippen LogP contribution is 2.49. The van der Waals surface area contributed by atoms with Crippen molar-refractivity contribution in [2.45, 2.75) is 69.9 Å². The number of likely N-dealkylation sites (tertiary alicyclic amines) is 2. The number of benzene rings is 3. The van der Waals surface area contributed by atoms with Gasteiger partial charge in [-0.15, -0.1) is 0 Å².